The lowest BCUT2D eigenvalue weighted by Crippen LogP contribution is -2.40. The number of quaternary nitrogens is 1. The highest BCUT2D eigenvalue weighted by molar-refractivity contribution is 7.45. The smallest absolute Gasteiger partial charge is 0.306 e. The van der Waals surface area contributed by atoms with E-state index in [0.29, 0.717) is 17.4 Å². The summed E-state index contributed by atoms with van der Waals surface area (Å²) >= 11 is 0. The van der Waals surface area contributed by atoms with E-state index in [4.69, 9.17) is 22.9 Å². The normalized spacial score (nSPS) is 14.2. The molecule has 0 aliphatic rings. The van der Waals surface area contributed by atoms with Gasteiger partial charge in [0.2, 0.25) is 0 Å². The van der Waals surface area contributed by atoms with Crippen LogP contribution in [-0.2, 0) is 37.1 Å². The number of carbonyl (C=O) groups excluding carboxylic acids is 2. The highest BCUT2D eigenvalue weighted by Gasteiger charge is 2.36. The molecule has 0 aromatic heterocycles. The van der Waals surface area contributed by atoms with E-state index in [9.17, 15) is 19.0 Å². The fourth-order valence-electron chi connectivity index (χ4n) is 5.70. The third-order valence-corrected chi connectivity index (χ3v) is 15.9. The van der Waals surface area contributed by atoms with Crippen LogP contribution >= 0.6 is 7.82 Å². The second-order valence-electron chi connectivity index (χ2n) is 17.9. The van der Waals surface area contributed by atoms with Crippen LogP contribution in [0.3, 0.4) is 0 Å². The van der Waals surface area contributed by atoms with Crippen molar-refractivity contribution in [2.75, 3.05) is 54.1 Å². The predicted octanol–water partition coefficient (Wildman–Crippen LogP) is 11.1. The van der Waals surface area contributed by atoms with Crippen molar-refractivity contribution >= 4 is 28.1 Å². The van der Waals surface area contributed by atoms with Crippen molar-refractivity contribution in [2.45, 2.75) is 206 Å². The maximum Gasteiger partial charge on any atom is 0.306 e. The third kappa shape index (κ3) is 33.3. The third-order valence-electron chi connectivity index (χ3n) is 10.4. The van der Waals surface area contributed by atoms with Crippen molar-refractivity contribution in [2.24, 2.45) is 0 Å². The Morgan fingerprint density at radius 2 is 1.06 bits per heavy atom. The van der Waals surface area contributed by atoms with Gasteiger partial charge < -0.3 is 32.3 Å². The number of phosphoric acid groups is 1. The maximum atomic E-state index is 12.7. The number of rotatable bonds is 37. The molecule has 322 valence electrons. The predicted molar refractivity (Wildman–Crippen MR) is 223 cm³/mol. The molecule has 0 rings (SSSR count). The first-order valence-corrected chi connectivity index (χ1v) is 26.1. The van der Waals surface area contributed by atoms with Gasteiger partial charge in [-0.05, 0) is 37.4 Å². The van der Waals surface area contributed by atoms with Gasteiger partial charge in [0.05, 0.1) is 27.7 Å². The number of hydrogen-bond donors (Lipinski definition) is 0. The first kappa shape index (κ1) is 53.2. The molecule has 10 nitrogen and oxygen atoms in total. The van der Waals surface area contributed by atoms with Gasteiger partial charge >= 0.3 is 11.9 Å². The van der Waals surface area contributed by atoms with Gasteiger partial charge in [0.15, 0.2) is 14.4 Å². The number of nitrogens with zero attached hydrogens (tertiary/aromatic N) is 1. The van der Waals surface area contributed by atoms with Crippen molar-refractivity contribution in [1.29, 1.82) is 0 Å². The summed E-state index contributed by atoms with van der Waals surface area (Å²) in [6.45, 7) is 14.3. The lowest BCUT2D eigenvalue weighted by molar-refractivity contribution is -0.870. The SMILES string of the molecule is CCCCCCCCCCCCCCCC(=O)OCC(COP(=O)([O-])OCC[N+](C)(C)C)OC(=O)CCCCCCCCCCCO[Si](C)(C)C(C)(C)C. The Morgan fingerprint density at radius 1 is 0.630 bits per heavy atom. The highest BCUT2D eigenvalue weighted by atomic mass is 31.2. The first-order valence-electron chi connectivity index (χ1n) is 21.8. The molecule has 0 aliphatic heterocycles. The van der Waals surface area contributed by atoms with Gasteiger partial charge in [-0.2, -0.15) is 0 Å². The van der Waals surface area contributed by atoms with Crippen LogP contribution in [-0.4, -0.2) is 85.0 Å². The zero-order valence-electron chi connectivity index (χ0n) is 36.7. The monoisotopic (exact) mass is 808 g/mol. The Kier molecular flexibility index (Phi) is 30.7. The second-order valence-corrected chi connectivity index (χ2v) is 24.1. The van der Waals surface area contributed by atoms with Gasteiger partial charge in [0.25, 0.3) is 7.82 Å². The molecule has 0 aliphatic carbocycles. The molecule has 0 amide bonds. The van der Waals surface area contributed by atoms with Gasteiger partial charge in [-0.15, -0.1) is 0 Å². The van der Waals surface area contributed by atoms with Crippen LogP contribution in [0, 0.1) is 0 Å². The average molecular weight is 808 g/mol. The second kappa shape index (κ2) is 31.2. The van der Waals surface area contributed by atoms with E-state index in [-0.39, 0.29) is 37.1 Å². The molecule has 0 aromatic carbocycles. The van der Waals surface area contributed by atoms with Crippen molar-refractivity contribution in [1.82, 2.24) is 0 Å². The summed E-state index contributed by atoms with van der Waals surface area (Å²) in [5, 5.41) is 0.254. The van der Waals surface area contributed by atoms with Gasteiger partial charge in [-0.25, -0.2) is 0 Å². The average Bonchev–Trinajstić information content (AvgIpc) is 3.07. The van der Waals surface area contributed by atoms with Gasteiger partial charge in [0.1, 0.15) is 19.8 Å². The van der Waals surface area contributed by atoms with E-state index in [1.165, 1.54) is 89.9 Å². The summed E-state index contributed by atoms with van der Waals surface area (Å²) in [4.78, 5) is 37.5. The summed E-state index contributed by atoms with van der Waals surface area (Å²) in [6.07, 6.45) is 25.0. The van der Waals surface area contributed by atoms with Crippen LogP contribution in [0.4, 0.5) is 0 Å². The Bertz CT molecular complexity index is 984. The van der Waals surface area contributed by atoms with E-state index in [1.807, 2.05) is 21.1 Å². The molecule has 2 atom stereocenters. The minimum atomic E-state index is -4.62. The molecule has 54 heavy (non-hydrogen) atoms. The van der Waals surface area contributed by atoms with Crippen LogP contribution in [0.25, 0.3) is 0 Å². The lowest BCUT2D eigenvalue weighted by Gasteiger charge is -2.36. The van der Waals surface area contributed by atoms with Crippen LogP contribution in [0.15, 0.2) is 0 Å². The molecular weight excluding hydrogens is 722 g/mol. The topological polar surface area (TPSA) is 120 Å². The Hall–Kier alpha value is -0.813. The molecule has 0 saturated carbocycles. The molecule has 0 fully saturated rings. The van der Waals surface area contributed by atoms with E-state index in [1.54, 1.807) is 0 Å². The number of hydrogen-bond acceptors (Lipinski definition) is 9. The van der Waals surface area contributed by atoms with Crippen LogP contribution < -0.4 is 4.89 Å². The van der Waals surface area contributed by atoms with E-state index in [2.05, 4.69) is 40.8 Å². The van der Waals surface area contributed by atoms with Crippen LogP contribution in [0.5, 0.6) is 0 Å². The Labute approximate surface area is 333 Å². The number of unbranched alkanes of at least 4 members (excludes halogenated alkanes) is 20. The van der Waals surface area contributed by atoms with E-state index >= 15 is 0 Å². The summed E-state index contributed by atoms with van der Waals surface area (Å²) in [7, 11) is -0.492. The minimum absolute atomic E-state index is 0.0325. The van der Waals surface area contributed by atoms with Crippen molar-refractivity contribution < 1.29 is 46.5 Å². The molecule has 0 N–H and O–H groups in total. The molecule has 0 aromatic rings. The quantitative estimate of drug-likeness (QED) is 0.0199. The van der Waals surface area contributed by atoms with Gasteiger partial charge in [0, 0.05) is 19.4 Å². The summed E-state index contributed by atoms with van der Waals surface area (Å²) in [5.74, 6) is -0.842. The summed E-state index contributed by atoms with van der Waals surface area (Å²) < 4.78 is 40.2. The molecule has 0 bridgehead atoms. The molecule has 2 unspecified atom stereocenters. The molecular formula is C42H86NO9PSi. The fraction of sp³-hybridized carbons (Fsp3) is 0.952. The van der Waals surface area contributed by atoms with Gasteiger partial charge in [-0.1, -0.05) is 150 Å². The number of carbonyl (C=O) groups is 2. The maximum absolute atomic E-state index is 12.7. The van der Waals surface area contributed by atoms with E-state index < -0.39 is 34.8 Å². The lowest BCUT2D eigenvalue weighted by atomic mass is 10.0. The number of esters is 2. The van der Waals surface area contributed by atoms with Crippen LogP contribution in [0.1, 0.15) is 182 Å². The largest absolute Gasteiger partial charge is 0.756 e. The molecule has 12 heteroatoms. The Morgan fingerprint density at radius 3 is 1.50 bits per heavy atom. The zero-order chi connectivity index (χ0) is 40.8. The molecule has 0 radical (unpaired) electrons. The fourth-order valence-corrected chi connectivity index (χ4v) is 7.51. The summed E-state index contributed by atoms with van der Waals surface area (Å²) in [6, 6.07) is 0. The summed E-state index contributed by atoms with van der Waals surface area (Å²) in [5.41, 5.74) is 0. The number of likely N-dealkylation sites (N-methyl/N-ethyl adjacent to an activating group) is 1. The van der Waals surface area contributed by atoms with Gasteiger partial charge in [-0.3, -0.25) is 14.2 Å². The van der Waals surface area contributed by atoms with Crippen molar-refractivity contribution in [3.05, 3.63) is 0 Å². The Balaban J connectivity index is 4.40. The molecule has 0 spiro atoms. The molecule has 0 saturated heterocycles. The zero-order valence-corrected chi connectivity index (χ0v) is 38.5. The van der Waals surface area contributed by atoms with Crippen molar-refractivity contribution in [3.8, 4) is 0 Å². The number of ether oxygens (including phenoxy) is 2. The first-order chi connectivity index (χ1) is 25.4. The minimum Gasteiger partial charge on any atom is -0.756 e. The standard InChI is InChI=1S/C42H86NO9PSi/c1-10-11-12-13-14-15-16-17-18-20-23-26-29-32-40(44)48-37-39(38-50-53(46,47)49-36-34-43(5,6)7)52-41(45)33-30-27-24-21-19-22-25-28-31-35-51-54(8,9)42(2,3)4/h39H,10-38H2,1-9H3. The molecule has 0 heterocycles. The van der Waals surface area contributed by atoms with E-state index in [0.717, 1.165) is 51.6 Å². The number of phosphoric ester groups is 1. The van der Waals surface area contributed by atoms with Crippen LogP contribution in [0.2, 0.25) is 18.1 Å². The van der Waals surface area contributed by atoms with Crippen molar-refractivity contribution in [3.63, 3.8) is 0 Å². The highest BCUT2D eigenvalue weighted by Crippen LogP contribution is 2.38.